The van der Waals surface area contributed by atoms with Gasteiger partial charge in [-0.25, -0.2) is 0 Å². The second-order valence-corrected chi connectivity index (χ2v) is 3.42. The molecule has 1 nitrogen and oxygen atoms in total. The molecule has 84 valence electrons. The van der Waals surface area contributed by atoms with Crippen LogP contribution < -0.4 is 5.32 Å². The smallest absolute Gasteiger partial charge is 0.310 e. The van der Waals surface area contributed by atoms with Crippen LogP contribution in [-0.2, 0) is 6.18 Å². The molecule has 0 aromatic heterocycles. The lowest BCUT2D eigenvalue weighted by molar-refractivity contribution is -0.137. The van der Waals surface area contributed by atoms with E-state index in [1.165, 1.54) is 12.1 Å². The van der Waals surface area contributed by atoms with E-state index >= 15 is 0 Å². The van der Waals surface area contributed by atoms with Crippen molar-refractivity contribution < 1.29 is 13.2 Å². The molecule has 2 rings (SSSR count). The van der Waals surface area contributed by atoms with Gasteiger partial charge in [-0.15, -0.1) is 12.4 Å². The molecule has 1 aromatic carbocycles. The van der Waals surface area contributed by atoms with Crippen LogP contribution in [0.5, 0.6) is 0 Å². The maximum absolute atomic E-state index is 12.3. The highest BCUT2D eigenvalue weighted by Crippen LogP contribution is 2.32. The van der Waals surface area contributed by atoms with Gasteiger partial charge in [-0.2, -0.15) is 13.2 Å². The normalized spacial score (nSPS) is 20.3. The van der Waals surface area contributed by atoms with Crippen LogP contribution in [0.4, 0.5) is 13.2 Å². The minimum atomic E-state index is -4.24. The Kier molecular flexibility index (Phi) is 3.62. The van der Waals surface area contributed by atoms with Crippen molar-refractivity contribution in [3.63, 3.8) is 0 Å². The van der Waals surface area contributed by atoms with E-state index in [1.54, 1.807) is 6.07 Å². The molecule has 1 aromatic rings. The van der Waals surface area contributed by atoms with Crippen molar-refractivity contribution in [2.24, 2.45) is 0 Å². The van der Waals surface area contributed by atoms with E-state index in [0.717, 1.165) is 24.6 Å². The van der Waals surface area contributed by atoms with Gasteiger partial charge in [0, 0.05) is 6.04 Å². The fraction of sp³-hybridized carbons (Fsp3) is 0.400. The molecule has 1 saturated heterocycles. The lowest BCUT2D eigenvalue weighted by atomic mass is 9.96. The highest BCUT2D eigenvalue weighted by atomic mass is 35.5. The molecule has 0 saturated carbocycles. The van der Waals surface area contributed by atoms with Crippen molar-refractivity contribution in [2.75, 3.05) is 6.54 Å². The molecule has 15 heavy (non-hydrogen) atoms. The van der Waals surface area contributed by atoms with Gasteiger partial charge >= 0.3 is 6.18 Å². The van der Waals surface area contributed by atoms with Gasteiger partial charge in [0.1, 0.15) is 0 Å². The first-order valence-electron chi connectivity index (χ1n) is 4.48. The predicted octanol–water partition coefficient (Wildman–Crippen LogP) is 3.16. The molecule has 1 fully saturated rings. The summed E-state index contributed by atoms with van der Waals surface area (Å²) in [6.45, 7) is 0.890. The molecule has 0 spiro atoms. The summed E-state index contributed by atoms with van der Waals surface area (Å²) in [5.74, 6) is 0. The molecule has 0 unspecified atom stereocenters. The largest absolute Gasteiger partial charge is 0.416 e. The predicted molar refractivity (Wildman–Crippen MR) is 54.1 cm³/mol. The van der Waals surface area contributed by atoms with Crippen LogP contribution in [0.25, 0.3) is 0 Å². The van der Waals surface area contributed by atoms with Crippen molar-refractivity contribution >= 4 is 12.4 Å². The molecule has 5 heteroatoms. The Morgan fingerprint density at radius 1 is 1.27 bits per heavy atom. The van der Waals surface area contributed by atoms with Crippen molar-refractivity contribution in [3.8, 4) is 0 Å². The minimum absolute atomic E-state index is 0. The SMILES string of the molecule is Cl.FC(F)(F)c1cccc([C@H]2CCN2)c1. The van der Waals surface area contributed by atoms with E-state index in [-0.39, 0.29) is 18.4 Å². The van der Waals surface area contributed by atoms with E-state index in [0.29, 0.717) is 0 Å². The number of rotatable bonds is 1. The zero-order chi connectivity index (χ0) is 10.2. The fourth-order valence-electron chi connectivity index (χ4n) is 1.50. The van der Waals surface area contributed by atoms with Crippen LogP contribution in [-0.4, -0.2) is 6.54 Å². The van der Waals surface area contributed by atoms with Crippen LogP contribution in [0.2, 0.25) is 0 Å². The summed E-state index contributed by atoms with van der Waals surface area (Å²) >= 11 is 0. The monoisotopic (exact) mass is 237 g/mol. The lowest BCUT2D eigenvalue weighted by Crippen LogP contribution is -2.35. The second-order valence-electron chi connectivity index (χ2n) is 3.42. The van der Waals surface area contributed by atoms with Crippen LogP contribution in [0.15, 0.2) is 24.3 Å². The highest BCUT2D eigenvalue weighted by Gasteiger charge is 2.31. The van der Waals surface area contributed by atoms with Gasteiger partial charge in [-0.3, -0.25) is 0 Å². The Labute approximate surface area is 92.1 Å². The van der Waals surface area contributed by atoms with Crippen LogP contribution in [0.3, 0.4) is 0 Å². The maximum Gasteiger partial charge on any atom is 0.416 e. The zero-order valence-electron chi connectivity index (χ0n) is 7.84. The first-order valence-corrected chi connectivity index (χ1v) is 4.48. The molecule has 1 N–H and O–H groups in total. The van der Waals surface area contributed by atoms with Gasteiger partial charge in [-0.05, 0) is 30.7 Å². The Morgan fingerprint density at radius 2 is 1.93 bits per heavy atom. The van der Waals surface area contributed by atoms with E-state index in [2.05, 4.69) is 5.32 Å². The second kappa shape index (κ2) is 4.41. The van der Waals surface area contributed by atoms with Crippen molar-refractivity contribution in [2.45, 2.75) is 18.6 Å². The summed E-state index contributed by atoms with van der Waals surface area (Å²) in [6.07, 6.45) is -3.32. The van der Waals surface area contributed by atoms with Crippen molar-refractivity contribution in [3.05, 3.63) is 35.4 Å². The average molecular weight is 238 g/mol. The topological polar surface area (TPSA) is 12.0 Å². The molecule has 1 aliphatic heterocycles. The summed E-state index contributed by atoms with van der Waals surface area (Å²) in [5.41, 5.74) is 0.162. The number of alkyl halides is 3. The zero-order valence-corrected chi connectivity index (χ0v) is 8.66. The molecule has 0 amide bonds. The van der Waals surface area contributed by atoms with Crippen molar-refractivity contribution in [1.29, 1.82) is 0 Å². The lowest BCUT2D eigenvalue weighted by Gasteiger charge is -2.28. The molecule has 0 aliphatic carbocycles. The number of hydrogen-bond donors (Lipinski definition) is 1. The van der Waals surface area contributed by atoms with E-state index in [4.69, 9.17) is 0 Å². The number of hydrogen-bond acceptors (Lipinski definition) is 1. The molecular weight excluding hydrogens is 227 g/mol. The molecule has 0 bridgehead atoms. The third-order valence-electron chi connectivity index (χ3n) is 2.44. The Morgan fingerprint density at radius 3 is 2.40 bits per heavy atom. The Bertz CT molecular complexity index is 334. The minimum Gasteiger partial charge on any atom is -0.310 e. The highest BCUT2D eigenvalue weighted by molar-refractivity contribution is 5.85. The average Bonchev–Trinajstić information content (AvgIpc) is 2.00. The first-order chi connectivity index (χ1) is 6.57. The molecule has 0 radical (unpaired) electrons. The number of nitrogens with one attached hydrogen (secondary N) is 1. The summed E-state index contributed by atoms with van der Waals surface area (Å²) in [7, 11) is 0. The summed E-state index contributed by atoms with van der Waals surface area (Å²) < 4.78 is 37.0. The van der Waals surface area contributed by atoms with E-state index < -0.39 is 11.7 Å². The van der Waals surface area contributed by atoms with Crippen LogP contribution in [0.1, 0.15) is 23.6 Å². The van der Waals surface area contributed by atoms with Gasteiger partial charge in [0.05, 0.1) is 5.56 Å². The standard InChI is InChI=1S/C10H10F3N.ClH/c11-10(12,13)8-3-1-2-7(6-8)9-4-5-14-9;/h1-3,6,9,14H,4-5H2;1H/t9-;/m1./s1. The molecule has 1 atom stereocenters. The summed E-state index contributed by atoms with van der Waals surface area (Å²) in [4.78, 5) is 0. The van der Waals surface area contributed by atoms with Gasteiger partial charge in [0.25, 0.3) is 0 Å². The van der Waals surface area contributed by atoms with Gasteiger partial charge in [0.2, 0.25) is 0 Å². The van der Waals surface area contributed by atoms with Crippen LogP contribution >= 0.6 is 12.4 Å². The third kappa shape index (κ3) is 2.63. The summed E-state index contributed by atoms with van der Waals surface area (Å²) in [5, 5.41) is 3.07. The number of benzene rings is 1. The fourth-order valence-corrected chi connectivity index (χ4v) is 1.50. The van der Waals surface area contributed by atoms with Crippen molar-refractivity contribution in [1.82, 2.24) is 5.32 Å². The first kappa shape index (κ1) is 12.3. The molecule has 1 heterocycles. The Balaban J connectivity index is 0.00000112. The quantitative estimate of drug-likeness (QED) is 0.791. The maximum atomic E-state index is 12.3. The van der Waals surface area contributed by atoms with Crippen LogP contribution in [0, 0.1) is 0 Å². The van der Waals surface area contributed by atoms with E-state index in [1.807, 2.05) is 0 Å². The third-order valence-corrected chi connectivity index (χ3v) is 2.44. The van der Waals surface area contributed by atoms with Gasteiger partial charge in [0.15, 0.2) is 0 Å². The van der Waals surface area contributed by atoms with Gasteiger partial charge in [-0.1, -0.05) is 12.1 Å². The molecule has 1 aliphatic rings. The number of halogens is 4. The van der Waals surface area contributed by atoms with Gasteiger partial charge < -0.3 is 5.32 Å². The molecular formula is C10H11ClF3N. The summed E-state index contributed by atoms with van der Waals surface area (Å²) in [6, 6.07) is 5.61. The Hall–Kier alpha value is -0.740. The van der Waals surface area contributed by atoms with E-state index in [9.17, 15) is 13.2 Å².